The number of hydrogen-bond acceptors (Lipinski definition) is 7. The van der Waals surface area contributed by atoms with Crippen LogP contribution in [0.15, 0.2) is 41.6 Å². The highest BCUT2D eigenvalue weighted by Gasteiger charge is 2.13. The molecule has 4 aromatic rings. The molecule has 3 aromatic heterocycles. The lowest BCUT2D eigenvalue weighted by atomic mass is 10.0. The van der Waals surface area contributed by atoms with Crippen molar-refractivity contribution in [3.63, 3.8) is 0 Å². The number of pyridine rings is 1. The number of amides is 1. The second-order valence-corrected chi connectivity index (χ2v) is 9.48. The molecule has 1 atom stereocenters. The Kier molecular flexibility index (Phi) is 6.24. The number of benzene rings is 1. The summed E-state index contributed by atoms with van der Waals surface area (Å²) >= 11 is 1.68. The quantitative estimate of drug-likeness (QED) is 0.434. The molecule has 33 heavy (non-hydrogen) atoms. The molecule has 0 saturated heterocycles. The SMILES string of the molecule is Cc1nc(C)c(CNc2cc(-c3ccc4ncn(C[C@H](C)C(N)=O)c(=O)c4c3)cnc2C)s1. The van der Waals surface area contributed by atoms with Crippen LogP contribution in [0.1, 0.15) is 28.2 Å². The lowest BCUT2D eigenvalue weighted by Crippen LogP contribution is -2.30. The number of carbonyl (C=O) groups excluding carboxylic acids is 1. The van der Waals surface area contributed by atoms with Crippen LogP contribution >= 0.6 is 11.3 Å². The second kappa shape index (κ2) is 9.11. The first-order chi connectivity index (χ1) is 15.7. The predicted molar refractivity (Wildman–Crippen MR) is 131 cm³/mol. The molecule has 0 aliphatic carbocycles. The number of fused-ring (bicyclic) bond motifs is 1. The van der Waals surface area contributed by atoms with Crippen LogP contribution in [-0.4, -0.2) is 25.4 Å². The van der Waals surface area contributed by atoms with Gasteiger partial charge in [-0.2, -0.15) is 0 Å². The van der Waals surface area contributed by atoms with Crippen molar-refractivity contribution >= 4 is 33.8 Å². The summed E-state index contributed by atoms with van der Waals surface area (Å²) in [6.45, 7) is 8.54. The van der Waals surface area contributed by atoms with E-state index in [1.54, 1.807) is 24.5 Å². The van der Waals surface area contributed by atoms with Crippen LogP contribution in [0.2, 0.25) is 0 Å². The Bertz CT molecular complexity index is 1410. The van der Waals surface area contributed by atoms with E-state index in [9.17, 15) is 9.59 Å². The summed E-state index contributed by atoms with van der Waals surface area (Å²) in [6, 6.07) is 7.61. The fourth-order valence-corrected chi connectivity index (χ4v) is 4.51. The van der Waals surface area contributed by atoms with Gasteiger partial charge in [0.2, 0.25) is 5.91 Å². The lowest BCUT2D eigenvalue weighted by molar-refractivity contribution is -0.121. The van der Waals surface area contributed by atoms with Gasteiger partial charge in [-0.1, -0.05) is 13.0 Å². The third kappa shape index (κ3) is 4.78. The average molecular weight is 463 g/mol. The van der Waals surface area contributed by atoms with Gasteiger partial charge in [-0.05, 0) is 44.5 Å². The minimum atomic E-state index is -0.467. The molecular formula is C24H26N6O2S. The van der Waals surface area contributed by atoms with Crippen molar-refractivity contribution in [2.24, 2.45) is 11.7 Å². The molecule has 8 nitrogen and oxygen atoms in total. The fraction of sp³-hybridized carbons (Fsp3) is 0.292. The topological polar surface area (TPSA) is 116 Å². The van der Waals surface area contributed by atoms with Crippen molar-refractivity contribution in [1.82, 2.24) is 19.5 Å². The van der Waals surface area contributed by atoms with Crippen molar-refractivity contribution < 1.29 is 4.79 Å². The van der Waals surface area contributed by atoms with Crippen LogP contribution in [0, 0.1) is 26.7 Å². The first kappa shape index (κ1) is 22.6. The molecule has 0 aliphatic heterocycles. The van der Waals surface area contributed by atoms with Crippen molar-refractivity contribution in [2.75, 3.05) is 5.32 Å². The Hall–Kier alpha value is -3.59. The summed E-state index contributed by atoms with van der Waals surface area (Å²) in [7, 11) is 0. The number of anilines is 1. The number of aryl methyl sites for hydroxylation is 3. The maximum atomic E-state index is 13.0. The molecule has 3 N–H and O–H groups in total. The number of aromatic nitrogens is 4. The van der Waals surface area contributed by atoms with E-state index >= 15 is 0 Å². The van der Waals surface area contributed by atoms with Crippen LogP contribution in [0.3, 0.4) is 0 Å². The Morgan fingerprint density at radius 3 is 2.64 bits per heavy atom. The number of hydrogen-bond donors (Lipinski definition) is 2. The monoisotopic (exact) mass is 462 g/mol. The number of thiazole rings is 1. The third-order valence-corrected chi connectivity index (χ3v) is 6.71. The molecule has 0 saturated carbocycles. The summed E-state index contributed by atoms with van der Waals surface area (Å²) in [5.74, 6) is -0.920. The van der Waals surface area contributed by atoms with Gasteiger partial charge in [0, 0.05) is 23.2 Å². The zero-order chi connectivity index (χ0) is 23.7. The van der Waals surface area contributed by atoms with Crippen LogP contribution in [0.4, 0.5) is 5.69 Å². The van der Waals surface area contributed by atoms with Gasteiger partial charge in [-0.15, -0.1) is 11.3 Å². The maximum Gasteiger partial charge on any atom is 0.261 e. The van der Waals surface area contributed by atoms with E-state index < -0.39 is 11.8 Å². The number of nitrogens with one attached hydrogen (secondary N) is 1. The van der Waals surface area contributed by atoms with Crippen molar-refractivity contribution in [3.8, 4) is 11.1 Å². The summed E-state index contributed by atoms with van der Waals surface area (Å²) < 4.78 is 1.43. The third-order valence-electron chi connectivity index (χ3n) is 5.64. The fourth-order valence-electron chi connectivity index (χ4n) is 3.64. The first-order valence-electron chi connectivity index (χ1n) is 10.6. The summed E-state index contributed by atoms with van der Waals surface area (Å²) in [5.41, 5.74) is 10.4. The van der Waals surface area contributed by atoms with Crippen LogP contribution < -0.4 is 16.6 Å². The number of rotatable bonds is 7. The van der Waals surface area contributed by atoms with Crippen LogP contribution in [-0.2, 0) is 17.9 Å². The normalized spacial score (nSPS) is 12.1. The highest BCUT2D eigenvalue weighted by molar-refractivity contribution is 7.11. The molecule has 3 heterocycles. The Labute approximate surface area is 195 Å². The average Bonchev–Trinajstić information content (AvgIpc) is 3.11. The Morgan fingerprint density at radius 1 is 1.15 bits per heavy atom. The van der Waals surface area contributed by atoms with E-state index in [-0.39, 0.29) is 12.1 Å². The molecule has 4 rings (SSSR count). The van der Waals surface area contributed by atoms with E-state index in [0.29, 0.717) is 17.4 Å². The van der Waals surface area contributed by atoms with Gasteiger partial charge in [-0.25, -0.2) is 9.97 Å². The van der Waals surface area contributed by atoms with Crippen LogP contribution in [0.5, 0.6) is 0 Å². The lowest BCUT2D eigenvalue weighted by Gasteiger charge is -2.12. The summed E-state index contributed by atoms with van der Waals surface area (Å²) in [5, 5.41) is 5.00. The molecule has 170 valence electrons. The van der Waals surface area contributed by atoms with Crippen LogP contribution in [0.25, 0.3) is 22.0 Å². The largest absolute Gasteiger partial charge is 0.379 e. The minimum Gasteiger partial charge on any atom is -0.379 e. The molecule has 1 aromatic carbocycles. The van der Waals surface area contributed by atoms with Gasteiger partial charge in [0.05, 0.1) is 51.8 Å². The van der Waals surface area contributed by atoms with Crippen molar-refractivity contribution in [3.05, 3.63) is 68.4 Å². The number of carbonyl (C=O) groups is 1. The smallest absolute Gasteiger partial charge is 0.261 e. The van der Waals surface area contributed by atoms with E-state index in [0.717, 1.165) is 33.2 Å². The molecule has 0 bridgehead atoms. The number of nitrogens with two attached hydrogens (primary N) is 1. The molecule has 0 unspecified atom stereocenters. The summed E-state index contributed by atoms with van der Waals surface area (Å²) in [6.07, 6.45) is 3.26. The Balaban J connectivity index is 1.66. The summed E-state index contributed by atoms with van der Waals surface area (Å²) in [4.78, 5) is 39.0. The molecule has 9 heteroatoms. The minimum absolute atomic E-state index is 0.192. The highest BCUT2D eigenvalue weighted by atomic mass is 32.1. The molecule has 0 fully saturated rings. The first-order valence-corrected chi connectivity index (χ1v) is 11.5. The molecule has 0 aliphatic rings. The van der Waals surface area contributed by atoms with Crippen molar-refractivity contribution in [1.29, 1.82) is 0 Å². The van der Waals surface area contributed by atoms with Gasteiger partial charge in [-0.3, -0.25) is 19.1 Å². The van der Waals surface area contributed by atoms with E-state index in [1.807, 2.05) is 45.0 Å². The standard InChI is InChI=1S/C24H26N6O2S/c1-13(23(25)31)11-30-12-28-20-6-5-17(7-19(20)24(30)32)18-8-21(14(2)26-9-18)27-10-22-15(3)29-16(4)33-22/h5-9,12-13,27H,10-11H2,1-4H3,(H2,25,31)/t13-/m0/s1. The molecule has 0 radical (unpaired) electrons. The van der Waals surface area contributed by atoms with E-state index in [4.69, 9.17) is 5.73 Å². The van der Waals surface area contributed by atoms with Gasteiger partial charge in [0.15, 0.2) is 0 Å². The van der Waals surface area contributed by atoms with E-state index in [2.05, 4.69) is 20.3 Å². The van der Waals surface area contributed by atoms with Gasteiger partial charge in [0.25, 0.3) is 5.56 Å². The van der Waals surface area contributed by atoms with Gasteiger partial charge < -0.3 is 11.1 Å². The maximum absolute atomic E-state index is 13.0. The number of nitrogens with zero attached hydrogens (tertiary/aromatic N) is 4. The number of primary amides is 1. The molecule has 1 amide bonds. The van der Waals surface area contributed by atoms with Gasteiger partial charge in [0.1, 0.15) is 0 Å². The highest BCUT2D eigenvalue weighted by Crippen LogP contribution is 2.27. The van der Waals surface area contributed by atoms with Crippen molar-refractivity contribution in [2.45, 2.75) is 40.8 Å². The zero-order valence-electron chi connectivity index (χ0n) is 19.0. The van der Waals surface area contributed by atoms with Gasteiger partial charge >= 0.3 is 0 Å². The predicted octanol–water partition coefficient (Wildman–Crippen LogP) is 3.57. The zero-order valence-corrected chi connectivity index (χ0v) is 19.9. The van der Waals surface area contributed by atoms with E-state index in [1.165, 1.54) is 15.8 Å². The second-order valence-electron chi connectivity index (χ2n) is 8.19. The molecule has 0 spiro atoms. The molecular weight excluding hydrogens is 436 g/mol. The Morgan fingerprint density at radius 2 is 1.94 bits per heavy atom.